The van der Waals surface area contributed by atoms with Gasteiger partial charge in [-0.15, -0.1) is 5.10 Å². The van der Waals surface area contributed by atoms with Crippen molar-refractivity contribution in [1.82, 2.24) is 25.1 Å². The molecular weight excluding hydrogens is 386 g/mol. The molecule has 0 amide bonds. The number of rotatable bonds is 6. The number of aryl methyl sites for hydroxylation is 1. The molecule has 4 aromatic rings. The topological polar surface area (TPSA) is 97.3 Å². The summed E-state index contributed by atoms with van der Waals surface area (Å²) in [5.41, 5.74) is 3.84. The average Bonchev–Trinajstić information content (AvgIpc) is 3.40. The van der Waals surface area contributed by atoms with Crippen molar-refractivity contribution in [2.45, 2.75) is 13.8 Å². The number of ether oxygens (including phenoxy) is 3. The van der Waals surface area contributed by atoms with Gasteiger partial charge in [-0.2, -0.15) is 4.98 Å². The SMILES string of the molecule is COc1ccc(-c2noc(-c3nnn(-c4cc(C)ccc4OC)c3C)n2)cc1OC. The van der Waals surface area contributed by atoms with E-state index in [0.717, 1.165) is 22.5 Å². The van der Waals surface area contributed by atoms with Gasteiger partial charge in [-0.1, -0.05) is 16.4 Å². The van der Waals surface area contributed by atoms with Crippen LogP contribution in [0.2, 0.25) is 0 Å². The van der Waals surface area contributed by atoms with E-state index in [0.29, 0.717) is 28.8 Å². The molecule has 0 fully saturated rings. The van der Waals surface area contributed by atoms with Gasteiger partial charge in [0.15, 0.2) is 17.2 Å². The van der Waals surface area contributed by atoms with Crippen molar-refractivity contribution < 1.29 is 18.7 Å². The van der Waals surface area contributed by atoms with E-state index in [1.54, 1.807) is 38.1 Å². The van der Waals surface area contributed by atoms with E-state index < -0.39 is 0 Å². The molecule has 9 heteroatoms. The third-order valence-corrected chi connectivity index (χ3v) is 4.73. The highest BCUT2D eigenvalue weighted by Crippen LogP contribution is 2.32. The second-order valence-electron chi connectivity index (χ2n) is 6.60. The van der Waals surface area contributed by atoms with Crippen LogP contribution in [-0.4, -0.2) is 46.5 Å². The molecule has 0 saturated carbocycles. The van der Waals surface area contributed by atoms with Gasteiger partial charge in [-0.3, -0.25) is 0 Å². The standard InChI is InChI=1S/C21H21N5O4/c1-12-6-8-16(27-3)15(10-12)26-13(2)19(23-25-26)21-22-20(24-30-21)14-7-9-17(28-4)18(11-14)29-5/h6-11H,1-5H3. The Hall–Kier alpha value is -3.88. The molecule has 2 aromatic carbocycles. The van der Waals surface area contributed by atoms with Crippen LogP contribution in [0.5, 0.6) is 17.2 Å². The molecule has 0 aliphatic heterocycles. The monoisotopic (exact) mass is 407 g/mol. The molecule has 2 aromatic heterocycles. The van der Waals surface area contributed by atoms with E-state index in [9.17, 15) is 0 Å². The molecule has 154 valence electrons. The zero-order chi connectivity index (χ0) is 21.3. The summed E-state index contributed by atoms with van der Waals surface area (Å²) in [7, 11) is 4.78. The van der Waals surface area contributed by atoms with Crippen molar-refractivity contribution in [1.29, 1.82) is 0 Å². The fraction of sp³-hybridized carbons (Fsp3) is 0.238. The summed E-state index contributed by atoms with van der Waals surface area (Å²) in [6, 6.07) is 11.3. The number of methoxy groups -OCH3 is 3. The van der Waals surface area contributed by atoms with Gasteiger partial charge in [-0.05, 0) is 49.7 Å². The molecule has 0 N–H and O–H groups in total. The number of benzene rings is 2. The van der Waals surface area contributed by atoms with Gasteiger partial charge < -0.3 is 18.7 Å². The largest absolute Gasteiger partial charge is 0.494 e. The van der Waals surface area contributed by atoms with E-state index in [2.05, 4.69) is 20.5 Å². The first-order valence-corrected chi connectivity index (χ1v) is 9.19. The van der Waals surface area contributed by atoms with Crippen LogP contribution in [0.3, 0.4) is 0 Å². The van der Waals surface area contributed by atoms with Crippen LogP contribution < -0.4 is 14.2 Å². The lowest BCUT2D eigenvalue weighted by Gasteiger charge is -2.10. The predicted octanol–water partition coefficient (Wildman–Crippen LogP) is 3.63. The van der Waals surface area contributed by atoms with Crippen molar-refractivity contribution in [3.05, 3.63) is 47.7 Å². The van der Waals surface area contributed by atoms with Crippen LogP contribution in [0.15, 0.2) is 40.9 Å². The van der Waals surface area contributed by atoms with Crippen molar-refractivity contribution in [3.63, 3.8) is 0 Å². The van der Waals surface area contributed by atoms with Gasteiger partial charge in [-0.25, -0.2) is 4.68 Å². The number of hydrogen-bond acceptors (Lipinski definition) is 8. The van der Waals surface area contributed by atoms with Gasteiger partial charge in [0, 0.05) is 5.56 Å². The summed E-state index contributed by atoms with van der Waals surface area (Å²) in [5.74, 6) is 2.57. The van der Waals surface area contributed by atoms with Crippen molar-refractivity contribution in [3.8, 4) is 45.9 Å². The molecule has 0 radical (unpaired) electrons. The molecule has 0 spiro atoms. The zero-order valence-electron chi connectivity index (χ0n) is 17.3. The maximum atomic E-state index is 5.47. The van der Waals surface area contributed by atoms with Crippen LogP contribution in [0.1, 0.15) is 11.3 Å². The molecule has 0 saturated heterocycles. The Balaban J connectivity index is 1.71. The Bertz CT molecular complexity index is 1200. The third-order valence-electron chi connectivity index (χ3n) is 4.73. The lowest BCUT2D eigenvalue weighted by molar-refractivity contribution is 0.355. The minimum absolute atomic E-state index is 0.273. The lowest BCUT2D eigenvalue weighted by Crippen LogP contribution is -2.02. The Kier molecular flexibility index (Phi) is 5.09. The molecule has 0 bridgehead atoms. The van der Waals surface area contributed by atoms with E-state index in [1.807, 2.05) is 38.1 Å². The van der Waals surface area contributed by atoms with Crippen LogP contribution in [0, 0.1) is 13.8 Å². The highest BCUT2D eigenvalue weighted by atomic mass is 16.5. The quantitative estimate of drug-likeness (QED) is 0.478. The highest BCUT2D eigenvalue weighted by Gasteiger charge is 2.21. The lowest BCUT2D eigenvalue weighted by atomic mass is 10.2. The minimum atomic E-state index is 0.273. The van der Waals surface area contributed by atoms with Crippen LogP contribution in [-0.2, 0) is 0 Å². The summed E-state index contributed by atoms with van der Waals surface area (Å²) < 4.78 is 23.2. The summed E-state index contributed by atoms with van der Waals surface area (Å²) in [6.07, 6.45) is 0. The normalized spacial score (nSPS) is 10.8. The van der Waals surface area contributed by atoms with Gasteiger partial charge >= 0.3 is 0 Å². The maximum absolute atomic E-state index is 5.47. The first-order chi connectivity index (χ1) is 14.5. The van der Waals surface area contributed by atoms with Crippen LogP contribution in [0.4, 0.5) is 0 Å². The minimum Gasteiger partial charge on any atom is -0.494 e. The second kappa shape index (κ2) is 7.86. The third kappa shape index (κ3) is 3.34. The second-order valence-corrected chi connectivity index (χ2v) is 6.60. The molecule has 0 unspecified atom stereocenters. The number of aromatic nitrogens is 5. The Morgan fingerprint density at radius 2 is 1.60 bits per heavy atom. The van der Waals surface area contributed by atoms with Gasteiger partial charge in [0.05, 0.1) is 27.0 Å². The summed E-state index contributed by atoms with van der Waals surface area (Å²) in [5, 5.41) is 12.6. The fourth-order valence-electron chi connectivity index (χ4n) is 3.13. The zero-order valence-corrected chi connectivity index (χ0v) is 17.3. The smallest absolute Gasteiger partial charge is 0.280 e. The van der Waals surface area contributed by atoms with Gasteiger partial charge in [0.25, 0.3) is 5.89 Å². The first kappa shape index (κ1) is 19.4. The summed E-state index contributed by atoms with van der Waals surface area (Å²) in [4.78, 5) is 4.49. The van der Waals surface area contributed by atoms with Crippen molar-refractivity contribution >= 4 is 0 Å². The maximum Gasteiger partial charge on any atom is 0.280 e. The number of nitrogens with zero attached hydrogens (tertiary/aromatic N) is 5. The Labute approximate surface area is 173 Å². The predicted molar refractivity (Wildman–Crippen MR) is 109 cm³/mol. The van der Waals surface area contributed by atoms with E-state index in [4.69, 9.17) is 18.7 Å². The molecule has 0 aliphatic carbocycles. The Morgan fingerprint density at radius 3 is 2.33 bits per heavy atom. The van der Waals surface area contributed by atoms with E-state index >= 15 is 0 Å². The highest BCUT2D eigenvalue weighted by molar-refractivity contribution is 5.63. The van der Waals surface area contributed by atoms with Crippen molar-refractivity contribution in [2.75, 3.05) is 21.3 Å². The van der Waals surface area contributed by atoms with Gasteiger partial charge in [0.1, 0.15) is 11.4 Å². The van der Waals surface area contributed by atoms with Gasteiger partial charge in [0.2, 0.25) is 5.82 Å². The molecule has 0 atom stereocenters. The van der Waals surface area contributed by atoms with Crippen LogP contribution >= 0.6 is 0 Å². The fourth-order valence-corrected chi connectivity index (χ4v) is 3.13. The molecule has 2 heterocycles. The average molecular weight is 407 g/mol. The molecule has 0 aliphatic rings. The van der Waals surface area contributed by atoms with E-state index in [-0.39, 0.29) is 5.89 Å². The summed E-state index contributed by atoms with van der Waals surface area (Å²) in [6.45, 7) is 3.89. The van der Waals surface area contributed by atoms with Crippen molar-refractivity contribution in [2.24, 2.45) is 0 Å². The molecule has 30 heavy (non-hydrogen) atoms. The summed E-state index contributed by atoms with van der Waals surface area (Å²) >= 11 is 0. The van der Waals surface area contributed by atoms with E-state index in [1.165, 1.54) is 0 Å². The number of hydrogen-bond donors (Lipinski definition) is 0. The molecule has 4 rings (SSSR count). The molecular formula is C21H21N5O4. The molecule has 9 nitrogen and oxygen atoms in total. The first-order valence-electron chi connectivity index (χ1n) is 9.19. The Morgan fingerprint density at radius 1 is 0.867 bits per heavy atom. The van der Waals surface area contributed by atoms with Crippen LogP contribution in [0.25, 0.3) is 28.7 Å².